The van der Waals surface area contributed by atoms with Gasteiger partial charge in [-0.05, 0) is 25.6 Å². The second-order valence-corrected chi connectivity index (χ2v) is 6.14. The maximum atomic E-state index is 9.25. The van der Waals surface area contributed by atoms with Crippen LogP contribution in [0, 0.1) is 11.3 Å². The standard InChI is InChI=1S/C15H20N4/c1-15(2,3)13-7-6-11(10-18(4)5)19-12(8-16)9-17-14(13)19/h6-7,9H,10H2,1-5H3. The Kier molecular flexibility index (Phi) is 3.34. The van der Waals surface area contributed by atoms with Gasteiger partial charge in [0.25, 0.3) is 0 Å². The maximum Gasteiger partial charge on any atom is 0.144 e. The Bertz CT molecular complexity index is 638. The van der Waals surface area contributed by atoms with Crippen LogP contribution in [0.15, 0.2) is 18.3 Å². The third-order valence-corrected chi connectivity index (χ3v) is 3.13. The molecule has 0 bridgehead atoms. The fraction of sp³-hybridized carbons (Fsp3) is 0.467. The lowest BCUT2D eigenvalue weighted by Crippen LogP contribution is -2.18. The molecule has 2 aromatic rings. The largest absolute Gasteiger partial charge is 0.304 e. The quantitative estimate of drug-likeness (QED) is 0.829. The van der Waals surface area contributed by atoms with Crippen LogP contribution < -0.4 is 0 Å². The number of fused-ring (bicyclic) bond motifs is 1. The minimum absolute atomic E-state index is 0.00990. The van der Waals surface area contributed by atoms with Crippen LogP contribution in [0.2, 0.25) is 0 Å². The Hall–Kier alpha value is -1.86. The van der Waals surface area contributed by atoms with Gasteiger partial charge in [-0.15, -0.1) is 0 Å². The van der Waals surface area contributed by atoms with E-state index in [0.29, 0.717) is 5.69 Å². The van der Waals surface area contributed by atoms with Crippen molar-refractivity contribution in [1.82, 2.24) is 14.3 Å². The fourth-order valence-corrected chi connectivity index (χ4v) is 2.27. The third-order valence-electron chi connectivity index (χ3n) is 3.13. The van der Waals surface area contributed by atoms with Crippen LogP contribution in [0.1, 0.15) is 37.7 Å². The molecule has 0 amide bonds. The smallest absolute Gasteiger partial charge is 0.144 e. The molecule has 100 valence electrons. The molecule has 0 radical (unpaired) electrons. The van der Waals surface area contributed by atoms with Crippen molar-refractivity contribution in [3.05, 3.63) is 35.3 Å². The van der Waals surface area contributed by atoms with E-state index in [1.54, 1.807) is 6.20 Å². The molecular formula is C15H20N4. The highest BCUT2D eigenvalue weighted by molar-refractivity contribution is 5.55. The summed E-state index contributed by atoms with van der Waals surface area (Å²) >= 11 is 0. The van der Waals surface area contributed by atoms with Gasteiger partial charge >= 0.3 is 0 Å². The summed E-state index contributed by atoms with van der Waals surface area (Å²) in [5, 5.41) is 9.25. The normalized spacial score (nSPS) is 12.1. The fourth-order valence-electron chi connectivity index (χ4n) is 2.27. The SMILES string of the molecule is CN(C)Cc1ccc(C(C)(C)C)c2ncc(C#N)n12. The van der Waals surface area contributed by atoms with Crippen LogP contribution in [0.25, 0.3) is 5.65 Å². The monoisotopic (exact) mass is 256 g/mol. The molecule has 0 spiro atoms. The van der Waals surface area contributed by atoms with Gasteiger partial charge in [0.2, 0.25) is 0 Å². The molecule has 19 heavy (non-hydrogen) atoms. The van der Waals surface area contributed by atoms with Crippen molar-refractivity contribution >= 4 is 5.65 Å². The van der Waals surface area contributed by atoms with Crippen LogP contribution in [0.4, 0.5) is 0 Å². The highest BCUT2D eigenvalue weighted by Crippen LogP contribution is 2.27. The first kappa shape index (κ1) is 13.6. The number of nitrogens with zero attached hydrogens (tertiary/aromatic N) is 4. The Morgan fingerprint density at radius 1 is 1.32 bits per heavy atom. The molecule has 0 aliphatic carbocycles. The lowest BCUT2D eigenvalue weighted by atomic mass is 9.87. The first-order chi connectivity index (χ1) is 8.84. The van der Waals surface area contributed by atoms with E-state index in [9.17, 15) is 5.26 Å². The molecule has 4 heteroatoms. The zero-order valence-electron chi connectivity index (χ0n) is 12.2. The van der Waals surface area contributed by atoms with Crippen molar-refractivity contribution in [2.75, 3.05) is 14.1 Å². The first-order valence-electron chi connectivity index (χ1n) is 6.39. The summed E-state index contributed by atoms with van der Waals surface area (Å²) in [5.41, 5.74) is 3.75. The maximum absolute atomic E-state index is 9.25. The molecule has 2 rings (SSSR count). The van der Waals surface area contributed by atoms with Gasteiger partial charge < -0.3 is 4.90 Å². The summed E-state index contributed by atoms with van der Waals surface area (Å²) in [5.74, 6) is 0. The minimum Gasteiger partial charge on any atom is -0.304 e. The lowest BCUT2D eigenvalue weighted by molar-refractivity contribution is 0.394. The predicted octanol–water partition coefficient (Wildman–Crippen LogP) is 2.57. The van der Waals surface area contributed by atoms with Gasteiger partial charge in [0.15, 0.2) is 0 Å². The second kappa shape index (κ2) is 4.67. The third kappa shape index (κ3) is 2.47. The van der Waals surface area contributed by atoms with E-state index in [1.165, 1.54) is 0 Å². The van der Waals surface area contributed by atoms with Gasteiger partial charge in [0.1, 0.15) is 17.4 Å². The number of aromatic nitrogens is 2. The Balaban J connectivity index is 2.75. The molecule has 0 saturated heterocycles. The predicted molar refractivity (Wildman–Crippen MR) is 76.0 cm³/mol. The van der Waals surface area contributed by atoms with Crippen molar-refractivity contribution in [1.29, 1.82) is 5.26 Å². The van der Waals surface area contributed by atoms with E-state index in [2.05, 4.69) is 48.9 Å². The summed E-state index contributed by atoms with van der Waals surface area (Å²) in [6.45, 7) is 7.27. The Labute approximate surface area is 114 Å². The van der Waals surface area contributed by atoms with Crippen molar-refractivity contribution < 1.29 is 0 Å². The molecule has 0 saturated carbocycles. The van der Waals surface area contributed by atoms with Crippen LogP contribution in [-0.2, 0) is 12.0 Å². The molecule has 0 atom stereocenters. The van der Waals surface area contributed by atoms with Crippen molar-refractivity contribution in [2.24, 2.45) is 0 Å². The molecule has 0 N–H and O–H groups in total. The van der Waals surface area contributed by atoms with Crippen LogP contribution in [0.5, 0.6) is 0 Å². The molecule has 0 unspecified atom stereocenters. The van der Waals surface area contributed by atoms with Gasteiger partial charge in [-0.25, -0.2) is 4.98 Å². The molecule has 0 fully saturated rings. The van der Waals surface area contributed by atoms with E-state index in [1.807, 2.05) is 18.5 Å². The number of hydrogen-bond acceptors (Lipinski definition) is 3. The van der Waals surface area contributed by atoms with Crippen LogP contribution in [0.3, 0.4) is 0 Å². The Morgan fingerprint density at radius 2 is 2.00 bits per heavy atom. The summed E-state index contributed by atoms with van der Waals surface area (Å²) in [4.78, 5) is 6.54. The van der Waals surface area contributed by atoms with Crippen molar-refractivity contribution in [3.63, 3.8) is 0 Å². The summed E-state index contributed by atoms with van der Waals surface area (Å²) < 4.78 is 1.97. The van der Waals surface area contributed by atoms with Gasteiger partial charge in [-0.3, -0.25) is 4.40 Å². The van der Waals surface area contributed by atoms with E-state index in [-0.39, 0.29) is 5.41 Å². The van der Waals surface area contributed by atoms with E-state index >= 15 is 0 Å². The second-order valence-electron chi connectivity index (χ2n) is 6.14. The summed E-state index contributed by atoms with van der Waals surface area (Å²) in [6, 6.07) is 6.44. The van der Waals surface area contributed by atoms with Crippen LogP contribution in [-0.4, -0.2) is 28.4 Å². The zero-order chi connectivity index (χ0) is 14.2. The number of hydrogen-bond donors (Lipinski definition) is 0. The van der Waals surface area contributed by atoms with E-state index < -0.39 is 0 Å². The number of rotatable bonds is 2. The van der Waals surface area contributed by atoms with Crippen LogP contribution >= 0.6 is 0 Å². The molecular weight excluding hydrogens is 236 g/mol. The average molecular weight is 256 g/mol. The first-order valence-corrected chi connectivity index (χ1v) is 6.39. The van der Waals surface area contributed by atoms with E-state index in [0.717, 1.165) is 23.4 Å². The lowest BCUT2D eigenvalue weighted by Gasteiger charge is -2.21. The highest BCUT2D eigenvalue weighted by atomic mass is 15.1. The van der Waals surface area contributed by atoms with Gasteiger partial charge in [0, 0.05) is 17.8 Å². The molecule has 2 aromatic heterocycles. The van der Waals surface area contributed by atoms with Gasteiger partial charge in [-0.2, -0.15) is 5.26 Å². The summed E-state index contributed by atoms with van der Waals surface area (Å²) in [7, 11) is 4.04. The van der Waals surface area contributed by atoms with Gasteiger partial charge in [0.05, 0.1) is 6.20 Å². The molecule has 0 aliphatic rings. The summed E-state index contributed by atoms with van der Waals surface area (Å²) in [6.07, 6.45) is 1.66. The number of pyridine rings is 1. The topological polar surface area (TPSA) is 44.3 Å². The number of imidazole rings is 1. The van der Waals surface area contributed by atoms with Crippen molar-refractivity contribution in [3.8, 4) is 6.07 Å². The molecule has 0 aliphatic heterocycles. The molecule has 0 aromatic carbocycles. The minimum atomic E-state index is 0.00990. The molecule has 4 nitrogen and oxygen atoms in total. The molecule has 2 heterocycles. The van der Waals surface area contributed by atoms with Gasteiger partial charge in [-0.1, -0.05) is 26.8 Å². The average Bonchev–Trinajstić information content (AvgIpc) is 2.70. The highest BCUT2D eigenvalue weighted by Gasteiger charge is 2.21. The van der Waals surface area contributed by atoms with Crippen molar-refractivity contribution in [2.45, 2.75) is 32.7 Å². The van der Waals surface area contributed by atoms with E-state index in [4.69, 9.17) is 0 Å². The number of nitriles is 1. The Morgan fingerprint density at radius 3 is 2.53 bits per heavy atom. The zero-order valence-corrected chi connectivity index (χ0v) is 12.2.